The van der Waals surface area contributed by atoms with Crippen LogP contribution in [0, 0.1) is 0 Å². The standard InChI is InChI=1S/C13H18FNO2/c1-13(2,14)8-11(12(16)17)15-9-10-6-4-3-5-7-10/h3-7,11,15H,8-9H2,1-2H3,(H,16,17). The summed E-state index contributed by atoms with van der Waals surface area (Å²) in [4.78, 5) is 11.0. The van der Waals surface area contributed by atoms with E-state index in [0.717, 1.165) is 5.56 Å². The molecule has 0 aromatic heterocycles. The Hall–Kier alpha value is -1.42. The van der Waals surface area contributed by atoms with Gasteiger partial charge >= 0.3 is 5.97 Å². The number of nitrogens with one attached hydrogen (secondary N) is 1. The van der Waals surface area contributed by atoms with E-state index in [1.165, 1.54) is 13.8 Å². The van der Waals surface area contributed by atoms with Crippen molar-refractivity contribution in [3.8, 4) is 0 Å². The molecule has 0 amide bonds. The van der Waals surface area contributed by atoms with Gasteiger partial charge in [0, 0.05) is 13.0 Å². The van der Waals surface area contributed by atoms with Crippen LogP contribution in [0.2, 0.25) is 0 Å². The summed E-state index contributed by atoms with van der Waals surface area (Å²) in [7, 11) is 0. The zero-order chi connectivity index (χ0) is 12.9. The predicted molar refractivity (Wildman–Crippen MR) is 64.5 cm³/mol. The molecule has 1 aromatic carbocycles. The van der Waals surface area contributed by atoms with E-state index in [1.54, 1.807) is 0 Å². The summed E-state index contributed by atoms with van der Waals surface area (Å²) < 4.78 is 13.4. The van der Waals surface area contributed by atoms with Crippen LogP contribution < -0.4 is 5.32 Å². The fraction of sp³-hybridized carbons (Fsp3) is 0.462. The monoisotopic (exact) mass is 239 g/mol. The third kappa shape index (κ3) is 5.45. The molecule has 94 valence electrons. The quantitative estimate of drug-likeness (QED) is 0.801. The molecule has 17 heavy (non-hydrogen) atoms. The van der Waals surface area contributed by atoms with Gasteiger partial charge in [-0.2, -0.15) is 0 Å². The summed E-state index contributed by atoms with van der Waals surface area (Å²) in [6.07, 6.45) is -0.0465. The van der Waals surface area contributed by atoms with Gasteiger partial charge in [0.1, 0.15) is 11.7 Å². The van der Waals surface area contributed by atoms with Crippen LogP contribution in [0.4, 0.5) is 4.39 Å². The van der Waals surface area contributed by atoms with Crippen molar-refractivity contribution in [2.24, 2.45) is 0 Å². The van der Waals surface area contributed by atoms with E-state index in [9.17, 15) is 9.18 Å². The van der Waals surface area contributed by atoms with E-state index in [-0.39, 0.29) is 6.42 Å². The number of alkyl halides is 1. The molecule has 3 nitrogen and oxygen atoms in total. The molecule has 4 heteroatoms. The molecule has 0 saturated heterocycles. The first-order chi connectivity index (χ1) is 7.88. The molecule has 0 aliphatic rings. The Bertz CT molecular complexity index is 359. The highest BCUT2D eigenvalue weighted by molar-refractivity contribution is 5.73. The molecule has 1 aromatic rings. The van der Waals surface area contributed by atoms with Crippen LogP contribution in [0.15, 0.2) is 30.3 Å². The van der Waals surface area contributed by atoms with Gasteiger partial charge in [-0.1, -0.05) is 30.3 Å². The van der Waals surface area contributed by atoms with Gasteiger partial charge in [-0.25, -0.2) is 4.39 Å². The molecular weight excluding hydrogens is 221 g/mol. The van der Waals surface area contributed by atoms with Crippen LogP contribution in [-0.4, -0.2) is 22.8 Å². The molecule has 0 radical (unpaired) electrons. The molecule has 1 rings (SSSR count). The highest BCUT2D eigenvalue weighted by atomic mass is 19.1. The van der Waals surface area contributed by atoms with Gasteiger partial charge in [0.2, 0.25) is 0 Å². The number of aliphatic carboxylic acids is 1. The molecule has 0 aliphatic heterocycles. The molecular formula is C13H18FNO2. The lowest BCUT2D eigenvalue weighted by Gasteiger charge is -2.21. The van der Waals surface area contributed by atoms with Crippen molar-refractivity contribution in [2.75, 3.05) is 0 Å². The maximum atomic E-state index is 13.4. The maximum Gasteiger partial charge on any atom is 0.320 e. The van der Waals surface area contributed by atoms with Crippen LogP contribution in [0.1, 0.15) is 25.8 Å². The third-order valence-electron chi connectivity index (χ3n) is 2.38. The minimum atomic E-state index is -1.49. The largest absolute Gasteiger partial charge is 0.480 e. The smallest absolute Gasteiger partial charge is 0.320 e. The molecule has 0 fully saturated rings. The number of carboxylic acid groups (broad SMARTS) is 1. The highest BCUT2D eigenvalue weighted by Crippen LogP contribution is 2.16. The number of rotatable bonds is 6. The minimum Gasteiger partial charge on any atom is -0.480 e. The molecule has 1 unspecified atom stereocenters. The van der Waals surface area contributed by atoms with Gasteiger partial charge < -0.3 is 10.4 Å². The number of halogens is 1. The Labute approximate surface area is 101 Å². The van der Waals surface area contributed by atoms with E-state index in [0.29, 0.717) is 6.54 Å². The van der Waals surface area contributed by atoms with Crippen molar-refractivity contribution < 1.29 is 14.3 Å². The van der Waals surface area contributed by atoms with E-state index in [1.807, 2.05) is 30.3 Å². The summed E-state index contributed by atoms with van der Waals surface area (Å²) in [5, 5.41) is 11.8. The first-order valence-corrected chi connectivity index (χ1v) is 5.57. The van der Waals surface area contributed by atoms with Gasteiger partial charge in [-0.15, -0.1) is 0 Å². The zero-order valence-electron chi connectivity index (χ0n) is 10.1. The summed E-state index contributed by atoms with van der Waals surface area (Å²) in [6, 6.07) is 8.58. The fourth-order valence-corrected chi connectivity index (χ4v) is 1.57. The van der Waals surface area contributed by atoms with Crippen LogP contribution in [0.3, 0.4) is 0 Å². The van der Waals surface area contributed by atoms with Crippen LogP contribution in [0.25, 0.3) is 0 Å². The Morgan fingerprint density at radius 2 is 2.00 bits per heavy atom. The second kappa shape index (κ2) is 5.77. The number of hydrogen-bond acceptors (Lipinski definition) is 2. The second-order valence-corrected chi connectivity index (χ2v) is 4.68. The molecule has 0 spiro atoms. The Balaban J connectivity index is 2.54. The van der Waals surface area contributed by atoms with Gasteiger partial charge in [0.05, 0.1) is 0 Å². The number of carboxylic acids is 1. The van der Waals surface area contributed by atoms with E-state index in [2.05, 4.69) is 5.32 Å². The Kier molecular flexibility index (Phi) is 4.63. The van der Waals surface area contributed by atoms with Crippen LogP contribution in [0.5, 0.6) is 0 Å². The van der Waals surface area contributed by atoms with E-state index >= 15 is 0 Å². The molecule has 0 saturated carbocycles. The van der Waals surface area contributed by atoms with Gasteiger partial charge in [-0.05, 0) is 19.4 Å². The fourth-order valence-electron chi connectivity index (χ4n) is 1.57. The summed E-state index contributed by atoms with van der Waals surface area (Å²) in [5.41, 5.74) is -0.511. The summed E-state index contributed by atoms with van der Waals surface area (Å²) >= 11 is 0. The van der Waals surface area contributed by atoms with Crippen molar-refractivity contribution >= 4 is 5.97 Å². The number of benzene rings is 1. The van der Waals surface area contributed by atoms with Gasteiger partial charge in [-0.3, -0.25) is 4.79 Å². The van der Waals surface area contributed by atoms with Crippen LogP contribution in [-0.2, 0) is 11.3 Å². The van der Waals surface area contributed by atoms with E-state index < -0.39 is 17.7 Å². The van der Waals surface area contributed by atoms with Crippen molar-refractivity contribution in [3.05, 3.63) is 35.9 Å². The lowest BCUT2D eigenvalue weighted by molar-refractivity contribution is -0.140. The molecule has 0 bridgehead atoms. The lowest BCUT2D eigenvalue weighted by Crippen LogP contribution is -2.40. The molecule has 1 atom stereocenters. The Morgan fingerprint density at radius 3 is 2.47 bits per heavy atom. The first kappa shape index (κ1) is 13.6. The van der Waals surface area contributed by atoms with Gasteiger partial charge in [0.15, 0.2) is 0 Å². The normalized spacial score (nSPS) is 13.4. The highest BCUT2D eigenvalue weighted by Gasteiger charge is 2.26. The number of carbonyl (C=O) groups is 1. The average Bonchev–Trinajstić information content (AvgIpc) is 2.24. The second-order valence-electron chi connectivity index (χ2n) is 4.68. The predicted octanol–water partition coefficient (Wildman–Crippen LogP) is 2.37. The molecule has 2 N–H and O–H groups in total. The van der Waals surface area contributed by atoms with Gasteiger partial charge in [0.25, 0.3) is 0 Å². The lowest BCUT2D eigenvalue weighted by atomic mass is 10.0. The first-order valence-electron chi connectivity index (χ1n) is 5.57. The van der Waals surface area contributed by atoms with Crippen molar-refractivity contribution in [2.45, 2.75) is 38.5 Å². The maximum absolute atomic E-state index is 13.4. The zero-order valence-corrected chi connectivity index (χ0v) is 10.1. The number of hydrogen-bond donors (Lipinski definition) is 2. The minimum absolute atomic E-state index is 0.0465. The van der Waals surface area contributed by atoms with Crippen molar-refractivity contribution in [3.63, 3.8) is 0 Å². The average molecular weight is 239 g/mol. The summed E-state index contributed by atoms with van der Waals surface area (Å²) in [5.74, 6) is -1.02. The topological polar surface area (TPSA) is 49.3 Å². The van der Waals surface area contributed by atoms with Crippen molar-refractivity contribution in [1.29, 1.82) is 0 Å². The Morgan fingerprint density at radius 1 is 1.41 bits per heavy atom. The van der Waals surface area contributed by atoms with Crippen molar-refractivity contribution in [1.82, 2.24) is 5.32 Å². The molecule has 0 aliphatic carbocycles. The SMILES string of the molecule is CC(C)(F)CC(NCc1ccccc1)C(=O)O. The summed E-state index contributed by atoms with van der Waals surface area (Å²) in [6.45, 7) is 3.19. The molecule has 0 heterocycles. The third-order valence-corrected chi connectivity index (χ3v) is 2.38. The van der Waals surface area contributed by atoms with Crippen LogP contribution >= 0.6 is 0 Å². The van der Waals surface area contributed by atoms with E-state index in [4.69, 9.17) is 5.11 Å².